The number of amides is 1. The van der Waals surface area contributed by atoms with Crippen LogP contribution >= 0.6 is 0 Å². The fourth-order valence-corrected chi connectivity index (χ4v) is 7.44. The Kier molecular flexibility index (Phi) is 33.8. The third-order valence-corrected chi connectivity index (χ3v) is 11.3. The molecule has 0 bridgehead atoms. The molecule has 9 atom stereocenters. The van der Waals surface area contributed by atoms with Gasteiger partial charge in [0.1, 0.15) is 36.6 Å². The summed E-state index contributed by atoms with van der Waals surface area (Å²) in [6, 6.07) is -1.18. The van der Waals surface area contributed by atoms with Crippen molar-refractivity contribution in [3.63, 3.8) is 0 Å². The third-order valence-electron chi connectivity index (χ3n) is 11.3. The maximum absolute atomic E-state index is 13.0. The van der Waals surface area contributed by atoms with Crippen molar-refractivity contribution in [3.05, 3.63) is 12.2 Å². The number of aliphatic hydroxyl groups is 7. The average Bonchev–Trinajstić information content (AvgIpc) is 3.20. The molecule has 1 fully saturated rings. The lowest BCUT2D eigenvalue weighted by molar-refractivity contribution is -0.303. The average molecular weight is 802 g/mol. The molecular formula is C45H87NO10. The normalized spacial score (nSPS) is 22.3. The first-order valence-electron chi connectivity index (χ1n) is 23.1. The van der Waals surface area contributed by atoms with E-state index in [1.807, 2.05) is 6.08 Å². The quantitative estimate of drug-likeness (QED) is 0.0233. The summed E-state index contributed by atoms with van der Waals surface area (Å²) in [5.41, 5.74) is 0. The molecule has 0 saturated carbocycles. The number of hydrogen-bond acceptors (Lipinski definition) is 10. The standard InChI is InChI=1S/C45H87NO10/c1-3-5-7-9-11-13-14-15-16-17-18-19-20-21-22-23-24-25-27-28-30-32-37(48)40(50)36(35-55-45-43(53)42(52)41(51)39(34-47)56-45)46-44(54)38(49)33-31-29-26-12-10-8-6-4-2/h26,29,36-43,45,47-53H,3-25,27-28,30-35H2,1-2H3,(H,46,54)/b29-26-. The summed E-state index contributed by atoms with van der Waals surface area (Å²) in [6.07, 6.45) is 25.9. The van der Waals surface area contributed by atoms with Crippen molar-refractivity contribution in [3.8, 4) is 0 Å². The zero-order chi connectivity index (χ0) is 41.2. The molecule has 0 spiro atoms. The van der Waals surface area contributed by atoms with E-state index in [-0.39, 0.29) is 6.42 Å². The lowest BCUT2D eigenvalue weighted by atomic mass is 9.98. The van der Waals surface area contributed by atoms with Crippen molar-refractivity contribution in [1.29, 1.82) is 0 Å². The van der Waals surface area contributed by atoms with E-state index in [2.05, 4.69) is 25.2 Å². The van der Waals surface area contributed by atoms with Crippen molar-refractivity contribution in [2.75, 3.05) is 13.2 Å². The monoisotopic (exact) mass is 802 g/mol. The predicted octanol–water partition coefficient (Wildman–Crippen LogP) is 7.28. The van der Waals surface area contributed by atoms with Crippen molar-refractivity contribution >= 4 is 5.91 Å². The van der Waals surface area contributed by atoms with Gasteiger partial charge in [0.05, 0.1) is 25.4 Å². The lowest BCUT2D eigenvalue weighted by Crippen LogP contribution is -2.60. The number of allylic oxidation sites excluding steroid dienone is 2. The van der Waals surface area contributed by atoms with Crippen molar-refractivity contribution in [2.24, 2.45) is 0 Å². The van der Waals surface area contributed by atoms with Crippen LogP contribution in [0, 0.1) is 0 Å². The molecule has 1 amide bonds. The van der Waals surface area contributed by atoms with Crippen molar-refractivity contribution in [1.82, 2.24) is 5.32 Å². The number of unbranched alkanes of at least 4 members (excludes halogenated alkanes) is 24. The fourth-order valence-electron chi connectivity index (χ4n) is 7.44. The second kappa shape index (κ2) is 35.8. The minimum atomic E-state index is -1.66. The van der Waals surface area contributed by atoms with Gasteiger partial charge >= 0.3 is 0 Å². The molecule has 332 valence electrons. The Hall–Kier alpha value is -1.15. The van der Waals surface area contributed by atoms with Crippen molar-refractivity contribution in [2.45, 2.75) is 255 Å². The molecule has 0 aromatic heterocycles. The summed E-state index contributed by atoms with van der Waals surface area (Å²) in [4.78, 5) is 13.0. The number of rotatable bonds is 38. The Morgan fingerprint density at radius 1 is 0.607 bits per heavy atom. The zero-order valence-electron chi connectivity index (χ0n) is 35.6. The topological polar surface area (TPSA) is 189 Å². The summed E-state index contributed by atoms with van der Waals surface area (Å²) >= 11 is 0. The zero-order valence-corrected chi connectivity index (χ0v) is 35.6. The summed E-state index contributed by atoms with van der Waals surface area (Å²) in [5.74, 6) is -0.732. The first-order valence-corrected chi connectivity index (χ1v) is 23.1. The van der Waals surface area contributed by atoms with E-state index in [1.165, 1.54) is 128 Å². The smallest absolute Gasteiger partial charge is 0.249 e. The molecule has 1 saturated heterocycles. The molecule has 0 aromatic rings. The van der Waals surface area contributed by atoms with E-state index in [4.69, 9.17) is 9.47 Å². The Morgan fingerprint density at radius 3 is 1.54 bits per heavy atom. The highest BCUT2D eigenvalue weighted by Gasteiger charge is 2.44. The minimum absolute atomic E-state index is 0.176. The maximum atomic E-state index is 13.0. The van der Waals surface area contributed by atoms with Crippen LogP contribution in [0.15, 0.2) is 12.2 Å². The first kappa shape index (κ1) is 52.9. The maximum Gasteiger partial charge on any atom is 0.249 e. The SMILES string of the molecule is CCCCCC/C=C\CCC(O)C(=O)NC(COC1OC(CO)C(O)C(O)C1O)C(O)C(O)CCCCCCCCCCCCCCCCCCCCCCC. The van der Waals surface area contributed by atoms with Gasteiger partial charge < -0.3 is 50.5 Å². The number of carbonyl (C=O) groups excluding carboxylic acids is 1. The highest BCUT2D eigenvalue weighted by molar-refractivity contribution is 5.80. The van der Waals surface area contributed by atoms with Gasteiger partial charge in [-0.05, 0) is 32.1 Å². The third kappa shape index (κ3) is 25.4. The van der Waals surface area contributed by atoms with Crippen LogP contribution in [-0.2, 0) is 14.3 Å². The van der Waals surface area contributed by atoms with Gasteiger partial charge in [0.2, 0.25) is 5.91 Å². The molecule has 0 aliphatic carbocycles. The number of nitrogens with one attached hydrogen (secondary N) is 1. The van der Waals surface area contributed by atoms with E-state index >= 15 is 0 Å². The second-order valence-corrected chi connectivity index (χ2v) is 16.5. The molecule has 1 rings (SSSR count). The van der Waals surface area contributed by atoms with Gasteiger partial charge in [0.15, 0.2) is 6.29 Å². The van der Waals surface area contributed by atoms with Crippen molar-refractivity contribution < 1.29 is 50.0 Å². The molecule has 0 radical (unpaired) electrons. The van der Waals surface area contributed by atoms with Crippen LogP contribution in [0.2, 0.25) is 0 Å². The van der Waals surface area contributed by atoms with Gasteiger partial charge in [-0.3, -0.25) is 4.79 Å². The van der Waals surface area contributed by atoms with Crippen LogP contribution in [0.25, 0.3) is 0 Å². The minimum Gasteiger partial charge on any atom is -0.394 e. The number of aliphatic hydroxyl groups excluding tert-OH is 7. The van der Waals surface area contributed by atoms with E-state index < -0.39 is 74.2 Å². The molecule has 56 heavy (non-hydrogen) atoms. The predicted molar refractivity (Wildman–Crippen MR) is 224 cm³/mol. The van der Waals surface area contributed by atoms with E-state index in [0.717, 1.165) is 32.1 Å². The van der Waals surface area contributed by atoms with Crippen LogP contribution in [0.1, 0.15) is 200 Å². The number of hydrogen-bond donors (Lipinski definition) is 8. The van der Waals surface area contributed by atoms with E-state index in [1.54, 1.807) is 0 Å². The van der Waals surface area contributed by atoms with Crippen LogP contribution in [0.5, 0.6) is 0 Å². The molecule has 1 aliphatic rings. The fraction of sp³-hybridized carbons (Fsp3) is 0.933. The van der Waals surface area contributed by atoms with Crippen LogP contribution in [0.3, 0.4) is 0 Å². The lowest BCUT2D eigenvalue weighted by Gasteiger charge is -2.40. The van der Waals surface area contributed by atoms with Crippen LogP contribution < -0.4 is 5.32 Å². The molecule has 1 aliphatic heterocycles. The highest BCUT2D eigenvalue weighted by Crippen LogP contribution is 2.23. The Morgan fingerprint density at radius 2 is 1.05 bits per heavy atom. The van der Waals surface area contributed by atoms with E-state index in [0.29, 0.717) is 19.3 Å². The van der Waals surface area contributed by atoms with Gasteiger partial charge in [0, 0.05) is 0 Å². The van der Waals surface area contributed by atoms with Gasteiger partial charge in [-0.15, -0.1) is 0 Å². The molecule has 11 heteroatoms. The molecular weight excluding hydrogens is 714 g/mol. The summed E-state index contributed by atoms with van der Waals surface area (Å²) in [7, 11) is 0. The molecule has 8 N–H and O–H groups in total. The van der Waals surface area contributed by atoms with Gasteiger partial charge in [-0.2, -0.15) is 0 Å². The van der Waals surface area contributed by atoms with Gasteiger partial charge in [-0.1, -0.05) is 180 Å². The molecule has 0 aromatic carbocycles. The van der Waals surface area contributed by atoms with Gasteiger partial charge in [-0.25, -0.2) is 0 Å². The Balaban J connectivity index is 2.37. The van der Waals surface area contributed by atoms with Gasteiger partial charge in [0.25, 0.3) is 0 Å². The Labute approximate surface area is 341 Å². The molecule has 1 heterocycles. The first-order chi connectivity index (χ1) is 27.2. The van der Waals surface area contributed by atoms with E-state index in [9.17, 15) is 40.5 Å². The largest absolute Gasteiger partial charge is 0.394 e. The number of carbonyl (C=O) groups is 1. The molecule has 11 nitrogen and oxygen atoms in total. The van der Waals surface area contributed by atoms with Crippen LogP contribution in [-0.4, -0.2) is 110 Å². The summed E-state index contributed by atoms with van der Waals surface area (Å²) in [6.45, 7) is 3.37. The summed E-state index contributed by atoms with van der Waals surface area (Å²) < 4.78 is 11.0. The van der Waals surface area contributed by atoms with Crippen LogP contribution in [0.4, 0.5) is 0 Å². The summed E-state index contributed by atoms with van der Waals surface area (Å²) in [5, 5.41) is 75.3. The highest BCUT2D eigenvalue weighted by atomic mass is 16.7. The Bertz CT molecular complexity index is 923. The number of ether oxygens (including phenoxy) is 2. The molecule has 9 unspecified atom stereocenters. The second-order valence-electron chi connectivity index (χ2n) is 16.5.